The lowest BCUT2D eigenvalue weighted by Gasteiger charge is -2.34. The molecule has 3 rings (SSSR count). The molecule has 1 heterocycles. The summed E-state index contributed by atoms with van der Waals surface area (Å²) in [6, 6.07) is 13.6. The van der Waals surface area contributed by atoms with Crippen molar-refractivity contribution in [3.8, 4) is 5.75 Å². The highest BCUT2D eigenvalue weighted by Crippen LogP contribution is 2.26. The molecule has 0 atom stereocenters. The van der Waals surface area contributed by atoms with Crippen LogP contribution in [0.15, 0.2) is 47.4 Å². The molecule has 2 aromatic rings. The van der Waals surface area contributed by atoms with Crippen molar-refractivity contribution in [2.75, 3.05) is 25.1 Å². The zero-order valence-electron chi connectivity index (χ0n) is 15.5. The molecule has 1 N–H and O–H groups in total. The Morgan fingerprint density at radius 2 is 1.73 bits per heavy atom. The van der Waals surface area contributed by atoms with Gasteiger partial charge in [0.2, 0.25) is 10.0 Å². The number of methoxy groups -OCH3 is 1. The maximum atomic E-state index is 12.8. The topological polar surface area (TPSA) is 58.6 Å². The highest BCUT2D eigenvalue weighted by atomic mass is 32.2. The van der Waals surface area contributed by atoms with Gasteiger partial charge in [0.25, 0.3) is 0 Å². The van der Waals surface area contributed by atoms with Gasteiger partial charge in [0, 0.05) is 24.8 Å². The largest absolute Gasteiger partial charge is 0.495 e. The van der Waals surface area contributed by atoms with Crippen LogP contribution in [0.3, 0.4) is 0 Å². The summed E-state index contributed by atoms with van der Waals surface area (Å²) in [6.07, 6.45) is 1.56. The third kappa shape index (κ3) is 4.19. The number of aryl methyl sites for hydroxylation is 2. The Balaban J connectivity index is 1.68. The number of nitrogens with one attached hydrogen (secondary N) is 1. The van der Waals surface area contributed by atoms with Crippen molar-refractivity contribution in [3.63, 3.8) is 0 Å². The van der Waals surface area contributed by atoms with Gasteiger partial charge in [0.05, 0.1) is 7.11 Å². The van der Waals surface area contributed by atoms with Crippen LogP contribution >= 0.6 is 0 Å². The van der Waals surface area contributed by atoms with Crippen molar-refractivity contribution in [1.29, 1.82) is 0 Å². The summed E-state index contributed by atoms with van der Waals surface area (Å²) in [6.45, 7) is 5.63. The third-order valence-corrected chi connectivity index (χ3v) is 6.33. The molecule has 0 spiro atoms. The average molecular weight is 375 g/mol. The van der Waals surface area contributed by atoms with E-state index in [-0.39, 0.29) is 10.9 Å². The lowest BCUT2D eigenvalue weighted by atomic mass is 10.1. The van der Waals surface area contributed by atoms with E-state index in [0.29, 0.717) is 5.75 Å². The van der Waals surface area contributed by atoms with Crippen LogP contribution in [0.1, 0.15) is 24.0 Å². The van der Waals surface area contributed by atoms with Gasteiger partial charge in [-0.2, -0.15) is 0 Å². The molecule has 0 saturated carbocycles. The second-order valence-corrected chi connectivity index (χ2v) is 8.56. The molecule has 0 unspecified atom stereocenters. The number of hydrogen-bond donors (Lipinski definition) is 1. The van der Waals surface area contributed by atoms with Gasteiger partial charge in [-0.25, -0.2) is 13.1 Å². The van der Waals surface area contributed by atoms with Crippen LogP contribution in [0, 0.1) is 13.8 Å². The number of rotatable bonds is 5. The molecule has 0 bridgehead atoms. The maximum absolute atomic E-state index is 12.8. The lowest BCUT2D eigenvalue weighted by Crippen LogP contribution is -2.44. The van der Waals surface area contributed by atoms with Crippen molar-refractivity contribution < 1.29 is 13.2 Å². The molecular weight excluding hydrogens is 348 g/mol. The average Bonchev–Trinajstić information content (AvgIpc) is 2.62. The van der Waals surface area contributed by atoms with E-state index in [1.807, 2.05) is 13.0 Å². The fourth-order valence-corrected chi connectivity index (χ4v) is 4.92. The van der Waals surface area contributed by atoms with E-state index in [1.165, 1.54) is 18.4 Å². The molecule has 5 nitrogen and oxygen atoms in total. The second kappa shape index (κ2) is 7.68. The van der Waals surface area contributed by atoms with E-state index in [2.05, 4.69) is 40.8 Å². The summed E-state index contributed by atoms with van der Waals surface area (Å²) in [4.78, 5) is 2.52. The van der Waals surface area contributed by atoms with E-state index < -0.39 is 10.0 Å². The van der Waals surface area contributed by atoms with Crippen LogP contribution in [0.25, 0.3) is 0 Å². The summed E-state index contributed by atoms with van der Waals surface area (Å²) >= 11 is 0. The zero-order chi connectivity index (χ0) is 18.7. The lowest BCUT2D eigenvalue weighted by molar-refractivity contribution is 0.400. The Morgan fingerprint density at radius 1 is 1.04 bits per heavy atom. The van der Waals surface area contributed by atoms with E-state index in [4.69, 9.17) is 4.74 Å². The van der Waals surface area contributed by atoms with E-state index in [0.717, 1.165) is 31.5 Å². The molecule has 0 radical (unpaired) electrons. The van der Waals surface area contributed by atoms with Gasteiger partial charge < -0.3 is 9.64 Å². The monoisotopic (exact) mass is 374 g/mol. The number of ether oxygens (including phenoxy) is 1. The number of anilines is 1. The van der Waals surface area contributed by atoms with E-state index in [1.54, 1.807) is 12.1 Å². The fourth-order valence-electron chi connectivity index (χ4n) is 3.36. The molecule has 0 aliphatic carbocycles. The van der Waals surface area contributed by atoms with Gasteiger partial charge in [-0.05, 0) is 62.1 Å². The van der Waals surface area contributed by atoms with Crippen molar-refractivity contribution in [2.24, 2.45) is 0 Å². The van der Waals surface area contributed by atoms with Crippen molar-refractivity contribution >= 4 is 15.7 Å². The summed E-state index contributed by atoms with van der Waals surface area (Å²) < 4.78 is 33.7. The van der Waals surface area contributed by atoms with Crippen LogP contribution in [0.5, 0.6) is 5.75 Å². The number of hydrogen-bond acceptors (Lipinski definition) is 4. The van der Waals surface area contributed by atoms with Gasteiger partial charge in [0.1, 0.15) is 10.6 Å². The van der Waals surface area contributed by atoms with Gasteiger partial charge in [-0.3, -0.25) is 0 Å². The van der Waals surface area contributed by atoms with Crippen LogP contribution in [0.4, 0.5) is 5.69 Å². The summed E-state index contributed by atoms with van der Waals surface area (Å²) in [7, 11) is -2.12. The molecule has 140 valence electrons. The molecule has 1 aliphatic rings. The first-order valence-corrected chi connectivity index (χ1v) is 10.4. The molecule has 0 amide bonds. The Bertz CT molecular complexity index is 872. The number of sulfonamides is 1. The van der Waals surface area contributed by atoms with Crippen LogP contribution in [-0.2, 0) is 10.0 Å². The second-order valence-electron chi connectivity index (χ2n) is 6.88. The predicted octanol–water partition coefficient (Wildman–Crippen LogP) is 3.26. The van der Waals surface area contributed by atoms with Crippen molar-refractivity contribution in [3.05, 3.63) is 53.6 Å². The van der Waals surface area contributed by atoms with Crippen LogP contribution in [-0.4, -0.2) is 34.7 Å². The molecule has 0 aromatic heterocycles. The minimum Gasteiger partial charge on any atom is -0.495 e. The van der Waals surface area contributed by atoms with Crippen LogP contribution in [0.2, 0.25) is 0 Å². The van der Waals surface area contributed by atoms with Crippen molar-refractivity contribution in [2.45, 2.75) is 37.6 Å². The highest BCUT2D eigenvalue weighted by molar-refractivity contribution is 7.89. The molecule has 1 saturated heterocycles. The van der Waals surface area contributed by atoms with Crippen molar-refractivity contribution in [1.82, 2.24) is 4.72 Å². The molecule has 1 fully saturated rings. The number of benzene rings is 2. The zero-order valence-corrected chi connectivity index (χ0v) is 16.3. The predicted molar refractivity (Wildman–Crippen MR) is 104 cm³/mol. The normalized spacial score (nSPS) is 15.9. The third-order valence-electron chi connectivity index (χ3n) is 4.79. The minimum atomic E-state index is -3.61. The van der Waals surface area contributed by atoms with E-state index in [9.17, 15) is 8.42 Å². The highest BCUT2D eigenvalue weighted by Gasteiger charge is 2.27. The first kappa shape index (κ1) is 18.7. The summed E-state index contributed by atoms with van der Waals surface area (Å²) in [5.74, 6) is 0.375. The molecule has 1 aliphatic heterocycles. The van der Waals surface area contributed by atoms with Gasteiger partial charge in [-0.1, -0.05) is 18.2 Å². The number of piperidine rings is 1. The van der Waals surface area contributed by atoms with E-state index >= 15 is 0 Å². The Labute approximate surface area is 156 Å². The standard InChI is InChI=1S/C20H26N2O3S/c1-15-5-4-6-18(13-15)22-11-9-17(10-12-22)21-26(23,24)20-14-16(2)7-8-19(20)25-3/h4-8,13-14,17,21H,9-12H2,1-3H3. The smallest absolute Gasteiger partial charge is 0.244 e. The van der Waals surface area contributed by atoms with Gasteiger partial charge in [0.15, 0.2) is 0 Å². The summed E-state index contributed by atoms with van der Waals surface area (Å²) in [5, 5.41) is 0. The number of nitrogens with zero attached hydrogens (tertiary/aromatic N) is 1. The summed E-state index contributed by atoms with van der Waals surface area (Å²) in [5.41, 5.74) is 3.32. The Morgan fingerprint density at radius 3 is 2.38 bits per heavy atom. The fraction of sp³-hybridized carbons (Fsp3) is 0.400. The molecule has 6 heteroatoms. The first-order chi connectivity index (χ1) is 12.4. The Hall–Kier alpha value is -2.05. The van der Waals surface area contributed by atoms with Gasteiger partial charge >= 0.3 is 0 Å². The van der Waals surface area contributed by atoms with Crippen LogP contribution < -0.4 is 14.4 Å². The first-order valence-electron chi connectivity index (χ1n) is 8.87. The van der Waals surface area contributed by atoms with Gasteiger partial charge in [-0.15, -0.1) is 0 Å². The molecular formula is C20H26N2O3S. The Kier molecular flexibility index (Phi) is 5.53. The minimum absolute atomic E-state index is 0.0636. The molecule has 26 heavy (non-hydrogen) atoms. The molecule has 2 aromatic carbocycles. The SMILES string of the molecule is COc1ccc(C)cc1S(=O)(=O)NC1CCN(c2cccc(C)c2)CC1. The maximum Gasteiger partial charge on any atom is 0.244 e. The quantitative estimate of drug-likeness (QED) is 0.873.